The van der Waals surface area contributed by atoms with Crippen LogP contribution in [0.15, 0.2) is 89.3 Å². The van der Waals surface area contributed by atoms with E-state index in [1.54, 1.807) is 0 Å². The largest absolute Gasteiger partial charge is 0.317 e. The van der Waals surface area contributed by atoms with Crippen molar-refractivity contribution in [2.75, 3.05) is 17.2 Å². The minimum Gasteiger partial charge on any atom is -0.317 e. The lowest BCUT2D eigenvalue weighted by Gasteiger charge is -2.35. The van der Waals surface area contributed by atoms with Gasteiger partial charge in [0.15, 0.2) is 0 Å². The molecular formula is C30H36NP. The topological polar surface area (TPSA) is 3.24 Å². The number of anilines is 1. The van der Waals surface area contributed by atoms with Crippen LogP contribution >= 0.6 is 8.58 Å². The molecule has 0 saturated carbocycles. The Hall–Kier alpha value is -2.37. The molecule has 1 nitrogen and oxygen atoms in total. The highest BCUT2D eigenvalue weighted by molar-refractivity contribution is 7.38. The molecule has 4 rings (SSSR count). The molecule has 3 aliphatic rings. The van der Waals surface area contributed by atoms with E-state index in [1.807, 2.05) is 0 Å². The van der Waals surface area contributed by atoms with E-state index in [2.05, 4.69) is 94.0 Å². The van der Waals surface area contributed by atoms with Crippen molar-refractivity contribution in [1.82, 2.24) is 0 Å². The molecule has 0 bridgehead atoms. The Bertz CT molecular complexity index is 1100. The van der Waals surface area contributed by atoms with Crippen LogP contribution in [0.3, 0.4) is 0 Å². The third kappa shape index (κ3) is 4.28. The first-order chi connectivity index (χ1) is 15.6. The highest BCUT2D eigenvalue weighted by Gasteiger charge is 2.29. The molecule has 0 N–H and O–H groups in total. The van der Waals surface area contributed by atoms with E-state index in [0.717, 1.165) is 39.7 Å². The van der Waals surface area contributed by atoms with Crippen molar-refractivity contribution in [1.29, 1.82) is 0 Å². The summed E-state index contributed by atoms with van der Waals surface area (Å²) in [5.41, 5.74) is 13.5. The van der Waals surface area contributed by atoms with E-state index in [4.69, 9.17) is 0 Å². The fourth-order valence-electron chi connectivity index (χ4n) is 5.13. The van der Waals surface area contributed by atoms with E-state index in [1.165, 1.54) is 62.8 Å². The van der Waals surface area contributed by atoms with Gasteiger partial charge in [-0.3, -0.25) is 0 Å². The fourth-order valence-corrected chi connectivity index (χ4v) is 6.25. The van der Waals surface area contributed by atoms with Gasteiger partial charge in [-0.1, -0.05) is 61.9 Å². The Balaban J connectivity index is 1.89. The van der Waals surface area contributed by atoms with E-state index in [0.29, 0.717) is 0 Å². The summed E-state index contributed by atoms with van der Waals surface area (Å²) in [6.07, 6.45) is 20.8. The van der Waals surface area contributed by atoms with Crippen molar-refractivity contribution in [2.45, 2.75) is 53.4 Å². The van der Waals surface area contributed by atoms with Crippen molar-refractivity contribution in [3.8, 4) is 0 Å². The summed E-state index contributed by atoms with van der Waals surface area (Å²) < 4.78 is 0. The molecule has 0 aromatic heterocycles. The standard InChI is InChI=1S/C30H36NP/c1-6-17-31-23(5)30-25(20-32-18-7-2)13-8-9-14-26(30)27-19-24(15-16-28(27)31)29-21(3)11-10-12-22(29)4/h6,9,11,13-17,19,32H,5,7-8,10,12,18,20H2,1-4H3/b17-6-. The molecule has 1 aromatic carbocycles. The van der Waals surface area contributed by atoms with Gasteiger partial charge in [-0.2, -0.15) is 0 Å². The van der Waals surface area contributed by atoms with Crippen molar-refractivity contribution in [2.24, 2.45) is 0 Å². The third-order valence-corrected chi connectivity index (χ3v) is 8.11. The monoisotopic (exact) mass is 441 g/mol. The van der Waals surface area contributed by atoms with Crippen molar-refractivity contribution < 1.29 is 0 Å². The molecule has 0 fully saturated rings. The number of rotatable bonds is 6. The second kappa shape index (κ2) is 10.1. The van der Waals surface area contributed by atoms with Gasteiger partial charge in [0.25, 0.3) is 0 Å². The number of fused-ring (bicyclic) bond motifs is 2. The van der Waals surface area contributed by atoms with Crippen LogP contribution in [-0.2, 0) is 0 Å². The number of allylic oxidation sites excluding steroid dienone is 10. The van der Waals surface area contributed by atoms with Crippen LogP contribution in [0.25, 0.3) is 11.1 Å². The predicted molar refractivity (Wildman–Crippen MR) is 146 cm³/mol. The van der Waals surface area contributed by atoms with Gasteiger partial charge in [0.05, 0.1) is 5.69 Å². The van der Waals surface area contributed by atoms with Gasteiger partial charge < -0.3 is 4.90 Å². The molecule has 1 heterocycles. The Labute approximate surface area is 196 Å². The Morgan fingerprint density at radius 2 is 2.00 bits per heavy atom. The summed E-state index contributed by atoms with van der Waals surface area (Å²) in [5.74, 6) is 0. The smallest absolute Gasteiger partial charge is 0.0534 e. The zero-order valence-electron chi connectivity index (χ0n) is 20.1. The lowest BCUT2D eigenvalue weighted by molar-refractivity contribution is 0.953. The molecule has 0 saturated heterocycles. The van der Waals surface area contributed by atoms with Gasteiger partial charge in [0.2, 0.25) is 0 Å². The molecule has 166 valence electrons. The van der Waals surface area contributed by atoms with Crippen molar-refractivity contribution in [3.63, 3.8) is 0 Å². The number of nitrogens with zero attached hydrogens (tertiary/aromatic N) is 1. The minimum atomic E-state index is 0.971. The van der Waals surface area contributed by atoms with Crippen LogP contribution in [0.2, 0.25) is 0 Å². The van der Waals surface area contributed by atoms with Crippen LogP contribution in [0.1, 0.15) is 64.5 Å². The molecule has 0 radical (unpaired) electrons. The molecule has 2 heteroatoms. The summed E-state index contributed by atoms with van der Waals surface area (Å²) in [6.45, 7) is 13.5. The molecule has 1 unspecified atom stereocenters. The minimum absolute atomic E-state index is 0.971. The molecular weight excluding hydrogens is 405 g/mol. The molecule has 2 aliphatic carbocycles. The highest BCUT2D eigenvalue weighted by Crippen LogP contribution is 2.46. The fraction of sp³-hybridized carbons (Fsp3) is 0.333. The second-order valence-electron chi connectivity index (χ2n) is 8.95. The molecule has 1 atom stereocenters. The zero-order valence-corrected chi connectivity index (χ0v) is 21.1. The first-order valence-corrected chi connectivity index (χ1v) is 13.4. The van der Waals surface area contributed by atoms with Crippen LogP contribution in [0.4, 0.5) is 5.69 Å². The van der Waals surface area contributed by atoms with E-state index in [9.17, 15) is 0 Å². The molecule has 32 heavy (non-hydrogen) atoms. The normalized spacial score (nSPS) is 19.0. The predicted octanol–water partition coefficient (Wildman–Crippen LogP) is 8.80. The lowest BCUT2D eigenvalue weighted by Crippen LogP contribution is -2.23. The summed E-state index contributed by atoms with van der Waals surface area (Å²) >= 11 is 0. The molecule has 0 spiro atoms. The number of hydrogen-bond donors (Lipinski definition) is 0. The SMILES string of the molecule is C=C1C2=C(C=CCC=C2CPCCC)c2cc(C3=C(C)CCC=C3C)ccc2N1/C=C\C. The second-order valence-corrected chi connectivity index (χ2v) is 10.3. The van der Waals surface area contributed by atoms with Gasteiger partial charge >= 0.3 is 0 Å². The van der Waals surface area contributed by atoms with Crippen LogP contribution in [0.5, 0.6) is 0 Å². The summed E-state index contributed by atoms with van der Waals surface area (Å²) in [6, 6.07) is 7.02. The average molecular weight is 442 g/mol. The Kier molecular flexibility index (Phi) is 7.17. The third-order valence-electron chi connectivity index (χ3n) is 6.62. The summed E-state index contributed by atoms with van der Waals surface area (Å²) in [5, 5.41) is 0. The Morgan fingerprint density at radius 1 is 1.16 bits per heavy atom. The molecule has 1 aliphatic heterocycles. The van der Waals surface area contributed by atoms with Crippen LogP contribution in [0, 0.1) is 0 Å². The van der Waals surface area contributed by atoms with Gasteiger partial charge in [0.1, 0.15) is 0 Å². The maximum absolute atomic E-state index is 4.58. The number of benzene rings is 1. The van der Waals surface area contributed by atoms with Crippen LogP contribution in [-0.4, -0.2) is 12.3 Å². The van der Waals surface area contributed by atoms with Gasteiger partial charge in [0, 0.05) is 23.0 Å². The van der Waals surface area contributed by atoms with Gasteiger partial charge in [-0.15, -0.1) is 8.58 Å². The van der Waals surface area contributed by atoms with Crippen molar-refractivity contribution >= 4 is 25.4 Å². The maximum atomic E-state index is 4.58. The zero-order chi connectivity index (χ0) is 22.7. The summed E-state index contributed by atoms with van der Waals surface area (Å²) in [4.78, 5) is 2.29. The van der Waals surface area contributed by atoms with Crippen molar-refractivity contribution in [3.05, 3.63) is 100 Å². The maximum Gasteiger partial charge on any atom is 0.0534 e. The Morgan fingerprint density at radius 3 is 2.75 bits per heavy atom. The molecule has 0 amide bonds. The summed E-state index contributed by atoms with van der Waals surface area (Å²) in [7, 11) is 0.971. The average Bonchev–Trinajstić information content (AvgIpc) is 3.00. The van der Waals surface area contributed by atoms with E-state index in [-0.39, 0.29) is 0 Å². The van der Waals surface area contributed by atoms with E-state index >= 15 is 0 Å². The van der Waals surface area contributed by atoms with E-state index < -0.39 is 0 Å². The number of hydrogen-bond acceptors (Lipinski definition) is 1. The molecule has 1 aromatic rings. The quantitative estimate of drug-likeness (QED) is 0.315. The highest BCUT2D eigenvalue weighted by atomic mass is 31.1. The van der Waals surface area contributed by atoms with Crippen LogP contribution < -0.4 is 4.90 Å². The lowest BCUT2D eigenvalue weighted by atomic mass is 9.83. The first-order valence-electron chi connectivity index (χ1n) is 12.0. The first kappa shape index (κ1) is 22.8. The van der Waals surface area contributed by atoms with Gasteiger partial charge in [-0.25, -0.2) is 0 Å². The van der Waals surface area contributed by atoms with Gasteiger partial charge in [-0.05, 0) is 92.3 Å².